The number of nitrogens with one attached hydrogen (secondary N) is 2. The Morgan fingerprint density at radius 2 is 2.21 bits per heavy atom. The summed E-state index contributed by atoms with van der Waals surface area (Å²) in [6.45, 7) is 6.71. The average molecular weight is 269 g/mol. The Kier molecular flexibility index (Phi) is 4.47. The van der Waals surface area contributed by atoms with E-state index in [-0.39, 0.29) is 12.6 Å². The molecule has 0 aliphatic carbocycles. The Morgan fingerprint density at radius 3 is 2.63 bits per heavy atom. The molecule has 1 atom stereocenters. The minimum Gasteiger partial charge on any atom is -0.480 e. The van der Waals surface area contributed by atoms with E-state index in [1.165, 1.54) is 25.1 Å². The van der Waals surface area contributed by atoms with Gasteiger partial charge in [0.2, 0.25) is 0 Å². The predicted molar refractivity (Wildman–Crippen MR) is 67.4 cm³/mol. The summed E-state index contributed by atoms with van der Waals surface area (Å²) in [6, 6.07) is -0.840. The average Bonchev–Trinajstić information content (AvgIpc) is 2.82. The number of carboxylic acid groups (broad SMARTS) is 1. The van der Waals surface area contributed by atoms with Crippen molar-refractivity contribution in [2.75, 3.05) is 6.54 Å². The second-order valence-electron chi connectivity index (χ2n) is 4.65. The minimum absolute atomic E-state index is 0.286. The van der Waals surface area contributed by atoms with E-state index < -0.39 is 17.5 Å². The molecule has 1 unspecified atom stereocenters. The lowest BCUT2D eigenvalue weighted by atomic mass is 10.0. The Hall–Kier alpha value is -2.12. The van der Waals surface area contributed by atoms with Crippen LogP contribution >= 0.6 is 0 Å². The Labute approximate surface area is 111 Å². The molecule has 0 aliphatic heterocycles. The van der Waals surface area contributed by atoms with Gasteiger partial charge in [0.25, 0.3) is 0 Å². The number of nitrogens with zero attached hydrogens (tertiary/aromatic N) is 3. The number of hydrogen-bond acceptors (Lipinski definition) is 4. The fourth-order valence-electron chi connectivity index (χ4n) is 1.66. The summed E-state index contributed by atoms with van der Waals surface area (Å²) in [5.41, 5.74) is -1.28. The van der Waals surface area contributed by atoms with Crippen LogP contribution in [0.2, 0.25) is 0 Å². The van der Waals surface area contributed by atoms with Crippen LogP contribution in [-0.2, 0) is 4.79 Å². The standard InChI is InChI=1S/C11H19N5O3/c1-5-16(11(3,4)9(17)18)10(19)14-7(2)8-12-6-13-15-8/h6-7H,5H2,1-4H3,(H,14,19)(H,17,18)(H,12,13,15). The fourth-order valence-corrected chi connectivity index (χ4v) is 1.66. The van der Waals surface area contributed by atoms with Crippen LogP contribution in [0.15, 0.2) is 6.33 Å². The number of carboxylic acids is 1. The van der Waals surface area contributed by atoms with Gasteiger partial charge in [-0.3, -0.25) is 5.10 Å². The summed E-state index contributed by atoms with van der Waals surface area (Å²) in [5, 5.41) is 18.2. The molecule has 0 spiro atoms. The highest BCUT2D eigenvalue weighted by Crippen LogP contribution is 2.16. The van der Waals surface area contributed by atoms with Crippen LogP contribution in [0, 0.1) is 0 Å². The van der Waals surface area contributed by atoms with Crippen LogP contribution < -0.4 is 5.32 Å². The van der Waals surface area contributed by atoms with Gasteiger partial charge in [0.1, 0.15) is 17.7 Å². The molecule has 0 saturated heterocycles. The molecule has 0 aromatic carbocycles. The van der Waals surface area contributed by atoms with Crippen molar-refractivity contribution in [3.63, 3.8) is 0 Å². The zero-order valence-corrected chi connectivity index (χ0v) is 11.5. The summed E-state index contributed by atoms with van der Waals surface area (Å²) in [4.78, 5) is 28.5. The van der Waals surface area contributed by atoms with Crippen LogP contribution in [0.25, 0.3) is 0 Å². The predicted octanol–water partition coefficient (Wildman–Crippen LogP) is 0.760. The van der Waals surface area contributed by atoms with Crippen molar-refractivity contribution in [3.05, 3.63) is 12.2 Å². The molecule has 0 saturated carbocycles. The van der Waals surface area contributed by atoms with Crippen molar-refractivity contribution in [1.29, 1.82) is 0 Å². The Bertz CT molecular complexity index is 443. The molecule has 0 bridgehead atoms. The first-order valence-corrected chi connectivity index (χ1v) is 5.97. The molecule has 2 amide bonds. The van der Waals surface area contributed by atoms with E-state index >= 15 is 0 Å². The van der Waals surface area contributed by atoms with Gasteiger partial charge in [-0.25, -0.2) is 14.6 Å². The van der Waals surface area contributed by atoms with Crippen molar-refractivity contribution in [2.45, 2.75) is 39.3 Å². The lowest BCUT2D eigenvalue weighted by molar-refractivity contribution is -0.147. The fraction of sp³-hybridized carbons (Fsp3) is 0.636. The second-order valence-corrected chi connectivity index (χ2v) is 4.65. The SMILES string of the molecule is CCN(C(=O)NC(C)c1ncn[nH]1)C(C)(C)C(=O)O. The van der Waals surface area contributed by atoms with Gasteiger partial charge in [-0.2, -0.15) is 5.10 Å². The summed E-state index contributed by atoms with van der Waals surface area (Å²) in [6.07, 6.45) is 1.34. The van der Waals surface area contributed by atoms with Crippen LogP contribution in [0.3, 0.4) is 0 Å². The number of rotatable bonds is 5. The van der Waals surface area contributed by atoms with E-state index in [0.717, 1.165) is 0 Å². The van der Waals surface area contributed by atoms with E-state index in [4.69, 9.17) is 5.11 Å². The van der Waals surface area contributed by atoms with Crippen LogP contribution in [0.1, 0.15) is 39.6 Å². The summed E-state index contributed by atoms with van der Waals surface area (Å²) < 4.78 is 0. The minimum atomic E-state index is -1.28. The lowest BCUT2D eigenvalue weighted by Crippen LogP contribution is -2.56. The molecule has 0 aliphatic rings. The number of carbonyl (C=O) groups excluding carboxylic acids is 1. The van der Waals surface area contributed by atoms with Gasteiger partial charge in [0, 0.05) is 6.54 Å². The van der Waals surface area contributed by atoms with E-state index in [9.17, 15) is 9.59 Å². The maximum atomic E-state index is 12.1. The molecule has 1 heterocycles. The zero-order valence-electron chi connectivity index (χ0n) is 11.5. The lowest BCUT2D eigenvalue weighted by Gasteiger charge is -2.34. The van der Waals surface area contributed by atoms with Crippen molar-refractivity contribution in [2.24, 2.45) is 0 Å². The number of aromatic amines is 1. The van der Waals surface area contributed by atoms with Gasteiger partial charge in [0.15, 0.2) is 0 Å². The van der Waals surface area contributed by atoms with Gasteiger partial charge in [-0.05, 0) is 27.7 Å². The van der Waals surface area contributed by atoms with Gasteiger partial charge >= 0.3 is 12.0 Å². The molecule has 0 fully saturated rings. The highest BCUT2D eigenvalue weighted by Gasteiger charge is 2.37. The highest BCUT2D eigenvalue weighted by molar-refractivity contribution is 5.85. The quantitative estimate of drug-likeness (QED) is 0.730. The first-order valence-electron chi connectivity index (χ1n) is 5.97. The van der Waals surface area contributed by atoms with E-state index in [1.54, 1.807) is 13.8 Å². The van der Waals surface area contributed by atoms with Gasteiger partial charge < -0.3 is 15.3 Å². The molecular formula is C11H19N5O3. The number of aliphatic carboxylic acids is 1. The number of carbonyl (C=O) groups is 2. The van der Waals surface area contributed by atoms with Crippen LogP contribution in [0.4, 0.5) is 4.79 Å². The third-order valence-corrected chi connectivity index (χ3v) is 2.94. The van der Waals surface area contributed by atoms with Crippen molar-refractivity contribution < 1.29 is 14.7 Å². The molecule has 1 rings (SSSR count). The number of aromatic nitrogens is 3. The van der Waals surface area contributed by atoms with Crippen LogP contribution in [0.5, 0.6) is 0 Å². The summed E-state index contributed by atoms with van der Waals surface area (Å²) in [7, 11) is 0. The third kappa shape index (κ3) is 3.21. The van der Waals surface area contributed by atoms with Crippen LogP contribution in [-0.4, -0.2) is 49.3 Å². The molecule has 1 aromatic rings. The molecule has 106 valence electrons. The molecule has 1 aromatic heterocycles. The number of amides is 2. The molecular weight excluding hydrogens is 250 g/mol. The van der Waals surface area contributed by atoms with E-state index in [0.29, 0.717) is 5.82 Å². The molecule has 3 N–H and O–H groups in total. The number of likely N-dealkylation sites (N-methyl/N-ethyl adjacent to an activating group) is 1. The smallest absolute Gasteiger partial charge is 0.329 e. The van der Waals surface area contributed by atoms with Gasteiger partial charge in [-0.1, -0.05) is 0 Å². The van der Waals surface area contributed by atoms with E-state index in [1.807, 2.05) is 0 Å². The third-order valence-electron chi connectivity index (χ3n) is 2.94. The summed E-state index contributed by atoms with van der Waals surface area (Å²) >= 11 is 0. The maximum absolute atomic E-state index is 12.1. The number of urea groups is 1. The molecule has 8 nitrogen and oxygen atoms in total. The molecule has 0 radical (unpaired) electrons. The zero-order chi connectivity index (χ0) is 14.6. The first-order chi connectivity index (χ1) is 8.80. The summed E-state index contributed by atoms with van der Waals surface area (Å²) in [5.74, 6) is -0.547. The number of H-pyrrole nitrogens is 1. The normalized spacial score (nSPS) is 12.8. The van der Waals surface area contributed by atoms with Crippen molar-refractivity contribution >= 4 is 12.0 Å². The highest BCUT2D eigenvalue weighted by atomic mass is 16.4. The van der Waals surface area contributed by atoms with Crippen molar-refractivity contribution in [3.8, 4) is 0 Å². The molecule has 19 heavy (non-hydrogen) atoms. The Morgan fingerprint density at radius 1 is 1.58 bits per heavy atom. The van der Waals surface area contributed by atoms with Gasteiger partial charge in [0.05, 0.1) is 6.04 Å². The van der Waals surface area contributed by atoms with Gasteiger partial charge in [-0.15, -0.1) is 0 Å². The first kappa shape index (κ1) is 14.9. The molecule has 8 heteroatoms. The largest absolute Gasteiger partial charge is 0.480 e. The monoisotopic (exact) mass is 269 g/mol. The van der Waals surface area contributed by atoms with Crippen molar-refractivity contribution in [1.82, 2.24) is 25.4 Å². The Balaban J connectivity index is 2.78. The number of hydrogen-bond donors (Lipinski definition) is 3. The maximum Gasteiger partial charge on any atom is 0.329 e. The van der Waals surface area contributed by atoms with E-state index in [2.05, 4.69) is 20.5 Å². The second kappa shape index (κ2) is 5.68. The topological polar surface area (TPSA) is 111 Å².